The van der Waals surface area contributed by atoms with Gasteiger partial charge in [-0.3, -0.25) is 4.79 Å². The Morgan fingerprint density at radius 1 is 0.909 bits per heavy atom. The van der Waals surface area contributed by atoms with Gasteiger partial charge in [-0.15, -0.1) is 0 Å². The number of rotatable bonds is 3. The lowest BCUT2D eigenvalue weighted by Crippen LogP contribution is -2.41. The first kappa shape index (κ1) is 15.0. The van der Waals surface area contributed by atoms with Gasteiger partial charge in [0.15, 0.2) is 15.6 Å². The smallest absolute Gasteiger partial charge is 0.181 e. The second kappa shape index (κ2) is 6.05. The molecule has 22 heavy (non-hydrogen) atoms. The number of hydrogen-bond acceptors (Lipinski definition) is 3. The van der Waals surface area contributed by atoms with Crippen molar-refractivity contribution < 1.29 is 13.2 Å². The molecule has 1 aliphatic rings. The van der Waals surface area contributed by atoms with E-state index in [1.807, 2.05) is 36.4 Å². The molecule has 2 atom stereocenters. The van der Waals surface area contributed by atoms with Gasteiger partial charge in [-0.05, 0) is 18.4 Å². The first-order chi connectivity index (χ1) is 10.6. The molecule has 3 rings (SSSR count). The molecular formula is C18H18O3S. The minimum atomic E-state index is -3.42. The first-order valence-corrected chi connectivity index (χ1v) is 9.17. The van der Waals surface area contributed by atoms with Gasteiger partial charge in [0.2, 0.25) is 0 Å². The predicted octanol–water partition coefficient (Wildman–Crippen LogP) is 3.23. The predicted molar refractivity (Wildman–Crippen MR) is 86.8 cm³/mol. The standard InChI is InChI=1S/C18H18O3S/c19-17(15-10-5-2-6-11-15)18-16(12-7-13-22(18,20)21)14-8-3-1-4-9-14/h1-6,8-11,16,18H,7,12-13H2/t16-,18-/m0/s1. The maximum Gasteiger partial charge on any atom is 0.181 e. The van der Waals surface area contributed by atoms with Crippen molar-refractivity contribution in [1.29, 1.82) is 0 Å². The van der Waals surface area contributed by atoms with Crippen LogP contribution in [0.1, 0.15) is 34.7 Å². The summed E-state index contributed by atoms with van der Waals surface area (Å²) in [4.78, 5) is 12.8. The Bertz CT molecular complexity index is 751. The molecule has 0 spiro atoms. The van der Waals surface area contributed by atoms with Crippen molar-refractivity contribution in [3.05, 3.63) is 71.8 Å². The SMILES string of the molecule is O=C(c1ccccc1)[C@@H]1[C@H](c2ccccc2)CCCS1(=O)=O. The molecule has 0 aliphatic carbocycles. The summed E-state index contributed by atoms with van der Waals surface area (Å²) in [5.41, 5.74) is 1.40. The molecule has 0 aromatic heterocycles. The number of carbonyl (C=O) groups is 1. The van der Waals surface area contributed by atoms with Crippen molar-refractivity contribution in [2.45, 2.75) is 24.0 Å². The Labute approximate surface area is 130 Å². The highest BCUT2D eigenvalue weighted by Crippen LogP contribution is 2.36. The Morgan fingerprint density at radius 3 is 2.14 bits per heavy atom. The molecule has 0 unspecified atom stereocenters. The van der Waals surface area contributed by atoms with Crippen LogP contribution < -0.4 is 0 Å². The van der Waals surface area contributed by atoms with Crippen LogP contribution in [-0.4, -0.2) is 25.2 Å². The molecular weight excluding hydrogens is 296 g/mol. The molecule has 3 nitrogen and oxygen atoms in total. The number of hydrogen-bond donors (Lipinski definition) is 0. The highest BCUT2D eigenvalue weighted by Gasteiger charge is 2.42. The van der Waals surface area contributed by atoms with E-state index in [0.717, 1.165) is 12.0 Å². The Kier molecular flexibility index (Phi) is 4.12. The summed E-state index contributed by atoms with van der Waals surface area (Å²) in [6.07, 6.45) is 1.34. The van der Waals surface area contributed by atoms with Crippen LogP contribution in [0, 0.1) is 0 Å². The lowest BCUT2D eigenvalue weighted by Gasteiger charge is -2.30. The summed E-state index contributed by atoms with van der Waals surface area (Å²) in [6.45, 7) is 0. The van der Waals surface area contributed by atoms with Gasteiger partial charge in [0.1, 0.15) is 5.25 Å². The van der Waals surface area contributed by atoms with Crippen molar-refractivity contribution in [2.75, 3.05) is 5.75 Å². The molecule has 1 aliphatic heterocycles. The fourth-order valence-electron chi connectivity index (χ4n) is 3.19. The quantitative estimate of drug-likeness (QED) is 0.817. The van der Waals surface area contributed by atoms with Crippen LogP contribution in [0.3, 0.4) is 0 Å². The third-order valence-electron chi connectivity index (χ3n) is 4.24. The van der Waals surface area contributed by atoms with Crippen LogP contribution in [0.2, 0.25) is 0 Å². The van der Waals surface area contributed by atoms with Gasteiger partial charge in [0.05, 0.1) is 5.75 Å². The molecule has 1 fully saturated rings. The van der Waals surface area contributed by atoms with E-state index in [1.165, 1.54) is 0 Å². The summed E-state index contributed by atoms with van der Waals surface area (Å²) >= 11 is 0. The summed E-state index contributed by atoms with van der Waals surface area (Å²) in [5.74, 6) is -0.443. The monoisotopic (exact) mass is 314 g/mol. The zero-order valence-corrected chi connectivity index (χ0v) is 13.0. The fourth-order valence-corrected chi connectivity index (χ4v) is 5.27. The van der Waals surface area contributed by atoms with E-state index in [4.69, 9.17) is 0 Å². The molecule has 2 aromatic carbocycles. The van der Waals surface area contributed by atoms with Crippen LogP contribution in [0.4, 0.5) is 0 Å². The third-order valence-corrected chi connectivity index (χ3v) is 6.41. The average Bonchev–Trinajstić information content (AvgIpc) is 2.55. The van der Waals surface area contributed by atoms with E-state index in [0.29, 0.717) is 12.0 Å². The second-order valence-electron chi connectivity index (χ2n) is 5.68. The van der Waals surface area contributed by atoms with Crippen molar-refractivity contribution >= 4 is 15.6 Å². The minimum absolute atomic E-state index is 0.0968. The van der Waals surface area contributed by atoms with E-state index in [9.17, 15) is 13.2 Å². The first-order valence-electron chi connectivity index (χ1n) is 7.45. The highest BCUT2D eigenvalue weighted by atomic mass is 32.2. The summed E-state index contributed by atoms with van der Waals surface area (Å²) in [5, 5.41) is -0.967. The van der Waals surface area contributed by atoms with Gasteiger partial charge in [-0.25, -0.2) is 8.42 Å². The molecule has 0 amide bonds. The number of carbonyl (C=O) groups excluding carboxylic acids is 1. The molecule has 1 heterocycles. The fraction of sp³-hybridized carbons (Fsp3) is 0.278. The largest absolute Gasteiger partial charge is 0.293 e. The number of sulfone groups is 1. The third kappa shape index (κ3) is 2.83. The van der Waals surface area contributed by atoms with Gasteiger partial charge < -0.3 is 0 Å². The zero-order valence-electron chi connectivity index (χ0n) is 12.2. The van der Waals surface area contributed by atoms with Crippen molar-refractivity contribution in [1.82, 2.24) is 0 Å². The second-order valence-corrected chi connectivity index (χ2v) is 7.92. The minimum Gasteiger partial charge on any atom is -0.293 e. The van der Waals surface area contributed by atoms with E-state index >= 15 is 0 Å². The summed E-state index contributed by atoms with van der Waals surface area (Å²) in [7, 11) is -3.42. The van der Waals surface area contributed by atoms with Crippen LogP contribution in [0.5, 0.6) is 0 Å². The molecule has 0 bridgehead atoms. The van der Waals surface area contributed by atoms with E-state index in [2.05, 4.69) is 0 Å². The highest BCUT2D eigenvalue weighted by molar-refractivity contribution is 7.92. The molecule has 0 saturated carbocycles. The molecule has 114 valence electrons. The lowest BCUT2D eigenvalue weighted by atomic mass is 9.87. The number of Topliss-reactive ketones (excluding diaryl/α,β-unsaturated/α-hetero) is 1. The average molecular weight is 314 g/mol. The van der Waals surface area contributed by atoms with E-state index in [1.54, 1.807) is 24.3 Å². The van der Waals surface area contributed by atoms with Crippen LogP contribution in [-0.2, 0) is 9.84 Å². The van der Waals surface area contributed by atoms with Gasteiger partial charge >= 0.3 is 0 Å². The number of benzene rings is 2. The van der Waals surface area contributed by atoms with Crippen molar-refractivity contribution in [2.24, 2.45) is 0 Å². The summed E-state index contributed by atoms with van der Waals surface area (Å²) < 4.78 is 25.1. The maximum absolute atomic E-state index is 12.8. The van der Waals surface area contributed by atoms with Crippen LogP contribution in [0.25, 0.3) is 0 Å². The van der Waals surface area contributed by atoms with Crippen molar-refractivity contribution in [3.63, 3.8) is 0 Å². The van der Waals surface area contributed by atoms with Gasteiger partial charge in [0.25, 0.3) is 0 Å². The number of ketones is 1. The van der Waals surface area contributed by atoms with Gasteiger partial charge in [-0.1, -0.05) is 60.7 Å². The lowest BCUT2D eigenvalue weighted by molar-refractivity contribution is 0.0974. The van der Waals surface area contributed by atoms with Gasteiger partial charge in [-0.2, -0.15) is 0 Å². The zero-order chi connectivity index (χ0) is 15.6. The molecule has 2 aromatic rings. The van der Waals surface area contributed by atoms with Crippen molar-refractivity contribution in [3.8, 4) is 0 Å². The molecule has 1 saturated heterocycles. The summed E-state index contributed by atoms with van der Waals surface area (Å²) in [6, 6.07) is 18.2. The Hall–Kier alpha value is -1.94. The topological polar surface area (TPSA) is 51.2 Å². The van der Waals surface area contributed by atoms with E-state index < -0.39 is 15.1 Å². The molecule has 0 radical (unpaired) electrons. The maximum atomic E-state index is 12.8. The molecule has 4 heteroatoms. The normalized spacial score (nSPS) is 23.8. The molecule has 0 N–H and O–H groups in total. The van der Waals surface area contributed by atoms with Gasteiger partial charge in [0, 0.05) is 11.5 Å². The van der Waals surface area contributed by atoms with E-state index in [-0.39, 0.29) is 17.5 Å². The Morgan fingerprint density at radius 2 is 1.50 bits per heavy atom. The Balaban J connectivity index is 2.04. The van der Waals surface area contributed by atoms with Crippen LogP contribution >= 0.6 is 0 Å². The van der Waals surface area contributed by atoms with Crippen LogP contribution in [0.15, 0.2) is 60.7 Å².